The number of aromatic nitrogens is 5. The van der Waals surface area contributed by atoms with Crippen molar-refractivity contribution < 1.29 is 27.1 Å². The van der Waals surface area contributed by atoms with Gasteiger partial charge in [-0.05, 0) is 6.92 Å². The number of carbonyl (C=O) groups excluding carboxylic acids is 1. The minimum atomic E-state index is -4.84. The van der Waals surface area contributed by atoms with Gasteiger partial charge in [0.2, 0.25) is 5.96 Å². The number of fused-ring (bicyclic) bond motifs is 1. The Morgan fingerprint density at radius 3 is 2.81 bits per heavy atom. The van der Waals surface area contributed by atoms with Gasteiger partial charge in [-0.2, -0.15) is 23.4 Å². The van der Waals surface area contributed by atoms with Crippen molar-refractivity contribution in [1.82, 2.24) is 30.3 Å². The fourth-order valence-electron chi connectivity index (χ4n) is 2.77. The van der Waals surface area contributed by atoms with Crippen LogP contribution >= 0.6 is 0 Å². The zero-order valence-corrected chi connectivity index (χ0v) is 16.6. The summed E-state index contributed by atoms with van der Waals surface area (Å²) in [6.45, 7) is 1.80. The number of aliphatic imine (C=N–C) groups is 1. The molecule has 3 aromatic rings. The third kappa shape index (κ3) is 4.96. The van der Waals surface area contributed by atoms with Crippen molar-refractivity contribution in [2.24, 2.45) is 12.0 Å². The van der Waals surface area contributed by atoms with E-state index >= 15 is 0 Å². The standard InChI is InChI=1S/C17H18F4N8O2/c1-8(7-31-3)23-16(24-14-12-10(18)4-22-5-11(12)26-27-14)25-15(30)9-6-29(2)28-13(9)17(19,20)21/h4-6,8H,7H2,1-3H3,(H3,23,24,25,26,27,30)/t8-/m1/s1. The van der Waals surface area contributed by atoms with Crippen LogP contribution in [0.4, 0.5) is 23.4 Å². The van der Waals surface area contributed by atoms with E-state index in [0.29, 0.717) is 0 Å². The zero-order valence-electron chi connectivity index (χ0n) is 16.6. The van der Waals surface area contributed by atoms with E-state index in [2.05, 4.69) is 35.9 Å². The van der Waals surface area contributed by atoms with Crippen molar-refractivity contribution in [2.75, 3.05) is 19.0 Å². The van der Waals surface area contributed by atoms with E-state index in [-0.39, 0.29) is 29.3 Å². The number of methoxy groups -OCH3 is 1. The summed E-state index contributed by atoms with van der Waals surface area (Å²) in [6.07, 6.45) is -1.60. The zero-order chi connectivity index (χ0) is 22.8. The third-order valence-electron chi connectivity index (χ3n) is 3.99. The van der Waals surface area contributed by atoms with Gasteiger partial charge in [-0.15, -0.1) is 0 Å². The molecule has 3 aromatic heterocycles. The van der Waals surface area contributed by atoms with E-state index in [4.69, 9.17) is 4.74 Å². The van der Waals surface area contributed by atoms with Crippen LogP contribution < -0.4 is 10.6 Å². The fourth-order valence-corrected chi connectivity index (χ4v) is 2.77. The number of aromatic amines is 1. The Morgan fingerprint density at radius 1 is 1.39 bits per heavy atom. The van der Waals surface area contributed by atoms with Crippen molar-refractivity contribution in [1.29, 1.82) is 0 Å². The summed E-state index contributed by atoms with van der Waals surface area (Å²) in [6, 6.07) is -0.500. The van der Waals surface area contributed by atoms with Crippen LogP contribution in [-0.4, -0.2) is 56.6 Å². The largest absolute Gasteiger partial charge is 0.435 e. The van der Waals surface area contributed by atoms with Crippen molar-refractivity contribution >= 4 is 28.6 Å². The predicted octanol–water partition coefficient (Wildman–Crippen LogP) is 2.08. The van der Waals surface area contributed by atoms with Crippen molar-refractivity contribution in [3.05, 3.63) is 35.7 Å². The third-order valence-corrected chi connectivity index (χ3v) is 3.99. The molecule has 0 unspecified atom stereocenters. The number of pyridine rings is 1. The van der Waals surface area contributed by atoms with Crippen LogP contribution in [-0.2, 0) is 18.0 Å². The smallest absolute Gasteiger partial charge is 0.382 e. The topological polar surface area (TPSA) is 122 Å². The molecule has 0 saturated carbocycles. The number of ether oxygens (including phenoxy) is 1. The maximum atomic E-state index is 14.2. The lowest BCUT2D eigenvalue weighted by Gasteiger charge is -2.13. The summed E-state index contributed by atoms with van der Waals surface area (Å²) >= 11 is 0. The number of amides is 1. The average Bonchev–Trinajstić information content (AvgIpc) is 3.26. The first kappa shape index (κ1) is 22.1. The molecule has 1 atom stereocenters. The van der Waals surface area contributed by atoms with Gasteiger partial charge in [-0.3, -0.25) is 24.9 Å². The summed E-state index contributed by atoms with van der Waals surface area (Å²) < 4.78 is 59.7. The van der Waals surface area contributed by atoms with Crippen LogP contribution in [0.5, 0.6) is 0 Å². The number of H-pyrrole nitrogens is 1. The average molecular weight is 442 g/mol. The molecule has 0 aromatic carbocycles. The minimum Gasteiger partial charge on any atom is -0.382 e. The molecular weight excluding hydrogens is 424 g/mol. The highest BCUT2D eigenvalue weighted by atomic mass is 19.4. The summed E-state index contributed by atoms with van der Waals surface area (Å²) in [5, 5.41) is 14.7. The van der Waals surface area contributed by atoms with Crippen molar-refractivity contribution in [3.63, 3.8) is 0 Å². The molecule has 0 bridgehead atoms. The molecule has 0 spiro atoms. The van der Waals surface area contributed by atoms with Crippen LogP contribution in [0.1, 0.15) is 23.0 Å². The number of guanidine groups is 1. The second kappa shape index (κ2) is 8.67. The van der Waals surface area contributed by atoms with E-state index in [9.17, 15) is 22.4 Å². The maximum absolute atomic E-state index is 14.2. The Labute approximate surface area is 172 Å². The van der Waals surface area contributed by atoms with Gasteiger partial charge in [0.25, 0.3) is 5.91 Å². The first-order chi connectivity index (χ1) is 14.6. The van der Waals surface area contributed by atoms with Crippen LogP contribution in [0.15, 0.2) is 23.6 Å². The molecule has 3 heterocycles. The molecular formula is C17H18F4N8O2. The quantitative estimate of drug-likeness (QED) is 0.316. The number of halogens is 4. The second-order valence-corrected chi connectivity index (χ2v) is 6.54. The van der Waals surface area contributed by atoms with E-state index in [1.54, 1.807) is 6.92 Å². The Morgan fingerprint density at radius 2 is 2.13 bits per heavy atom. The van der Waals surface area contributed by atoms with Gasteiger partial charge in [-0.25, -0.2) is 9.38 Å². The van der Waals surface area contributed by atoms with Crippen LogP contribution in [0.3, 0.4) is 0 Å². The Balaban J connectivity index is 1.94. The first-order valence-electron chi connectivity index (χ1n) is 8.83. The molecule has 10 nitrogen and oxygen atoms in total. The molecule has 0 radical (unpaired) electrons. The fraction of sp³-hybridized carbons (Fsp3) is 0.353. The van der Waals surface area contributed by atoms with Gasteiger partial charge in [0, 0.05) is 20.4 Å². The lowest BCUT2D eigenvalue weighted by Crippen LogP contribution is -2.38. The minimum absolute atomic E-state index is 0.0358. The number of hydrogen-bond donors (Lipinski definition) is 3. The molecule has 166 valence electrons. The number of anilines is 1. The predicted molar refractivity (Wildman–Crippen MR) is 102 cm³/mol. The normalized spacial score (nSPS) is 13.5. The molecule has 3 rings (SSSR count). The second-order valence-electron chi connectivity index (χ2n) is 6.54. The van der Waals surface area contributed by atoms with E-state index in [1.165, 1.54) is 20.4 Å². The number of rotatable bonds is 5. The molecule has 1 amide bonds. The maximum Gasteiger partial charge on any atom is 0.435 e. The Hall–Kier alpha value is -3.55. The molecule has 0 fully saturated rings. The number of alkyl halides is 3. The van der Waals surface area contributed by atoms with Crippen LogP contribution in [0, 0.1) is 5.82 Å². The number of nitrogens with zero attached hydrogens (tertiary/aromatic N) is 5. The number of aryl methyl sites for hydroxylation is 1. The monoisotopic (exact) mass is 442 g/mol. The highest BCUT2D eigenvalue weighted by molar-refractivity contribution is 6.12. The van der Waals surface area contributed by atoms with Gasteiger partial charge in [0.1, 0.15) is 0 Å². The Kier molecular flexibility index (Phi) is 6.19. The lowest BCUT2D eigenvalue weighted by atomic mass is 10.2. The number of carbonyl (C=O) groups is 1. The highest BCUT2D eigenvalue weighted by Gasteiger charge is 2.39. The Bertz CT molecular complexity index is 1120. The van der Waals surface area contributed by atoms with E-state index < -0.39 is 35.2 Å². The first-order valence-corrected chi connectivity index (χ1v) is 8.83. The molecule has 0 aliphatic heterocycles. The molecule has 0 saturated heterocycles. The lowest BCUT2D eigenvalue weighted by molar-refractivity contribution is -0.141. The van der Waals surface area contributed by atoms with Crippen molar-refractivity contribution in [2.45, 2.75) is 19.1 Å². The summed E-state index contributed by atoms with van der Waals surface area (Å²) in [5.74, 6) is -2.11. The van der Waals surface area contributed by atoms with Crippen LogP contribution in [0.25, 0.3) is 10.9 Å². The molecule has 0 aliphatic rings. The highest BCUT2D eigenvalue weighted by Crippen LogP contribution is 2.30. The summed E-state index contributed by atoms with van der Waals surface area (Å²) in [4.78, 5) is 20.5. The van der Waals surface area contributed by atoms with Crippen LogP contribution in [0.2, 0.25) is 0 Å². The summed E-state index contributed by atoms with van der Waals surface area (Å²) in [5.41, 5.74) is -1.78. The van der Waals surface area contributed by atoms with Gasteiger partial charge in [0.15, 0.2) is 17.3 Å². The molecule has 0 aliphatic carbocycles. The number of hydrogen-bond acceptors (Lipinski definition) is 6. The molecule has 3 N–H and O–H groups in total. The number of nitrogens with one attached hydrogen (secondary N) is 3. The van der Waals surface area contributed by atoms with E-state index in [1.807, 2.05) is 0 Å². The van der Waals surface area contributed by atoms with Crippen molar-refractivity contribution in [3.8, 4) is 0 Å². The van der Waals surface area contributed by atoms with Gasteiger partial charge < -0.3 is 10.1 Å². The van der Waals surface area contributed by atoms with Gasteiger partial charge >= 0.3 is 6.18 Å². The molecule has 31 heavy (non-hydrogen) atoms. The molecule has 14 heteroatoms. The van der Waals surface area contributed by atoms with Gasteiger partial charge in [0.05, 0.1) is 41.5 Å². The van der Waals surface area contributed by atoms with E-state index in [0.717, 1.165) is 17.1 Å². The SMILES string of the molecule is COC[C@@H](C)N=C(NC(=O)c1cn(C)nc1C(F)(F)F)Nc1n[nH]c2cncc(F)c12. The van der Waals surface area contributed by atoms with Gasteiger partial charge in [-0.1, -0.05) is 0 Å². The summed E-state index contributed by atoms with van der Waals surface area (Å²) in [7, 11) is 2.69.